The van der Waals surface area contributed by atoms with Gasteiger partial charge in [-0.1, -0.05) is 18.2 Å². The van der Waals surface area contributed by atoms with Crippen LogP contribution in [0.2, 0.25) is 0 Å². The Hall–Kier alpha value is -3.09. The van der Waals surface area contributed by atoms with E-state index in [-0.39, 0.29) is 5.75 Å². The van der Waals surface area contributed by atoms with Crippen molar-refractivity contribution in [2.75, 3.05) is 0 Å². The number of carbonyl (C=O) groups is 1. The van der Waals surface area contributed by atoms with E-state index >= 15 is 0 Å². The molecule has 0 heterocycles. The molecule has 102 valence electrons. The minimum absolute atomic E-state index is 0.286. The number of rotatable bonds is 4. The van der Waals surface area contributed by atoms with E-state index in [0.29, 0.717) is 0 Å². The molecule has 0 fully saturated rings. The van der Waals surface area contributed by atoms with Crippen molar-refractivity contribution < 1.29 is 24.7 Å². The first-order chi connectivity index (χ1) is 9.49. The highest BCUT2D eigenvalue weighted by atomic mass is 16.6. The molecule has 2 rings (SSSR count). The van der Waals surface area contributed by atoms with Gasteiger partial charge >= 0.3 is 11.7 Å². The Bertz CT molecular complexity index is 668. The van der Waals surface area contributed by atoms with Gasteiger partial charge in [-0.3, -0.25) is 10.1 Å². The third-order valence-corrected chi connectivity index (χ3v) is 2.46. The fraction of sp³-hybridized carbons (Fsp3) is 0. The molecule has 0 saturated carbocycles. The highest BCUT2D eigenvalue weighted by Crippen LogP contribution is 2.40. The van der Waals surface area contributed by atoms with Crippen LogP contribution in [-0.4, -0.2) is 21.1 Å². The molecule has 0 aliphatic rings. The molecule has 2 aromatic carbocycles. The molecule has 0 unspecified atom stereocenters. The zero-order valence-corrected chi connectivity index (χ0v) is 10.0. The molecule has 0 aliphatic heterocycles. The first-order valence-corrected chi connectivity index (χ1v) is 5.46. The van der Waals surface area contributed by atoms with Gasteiger partial charge in [0.25, 0.3) is 0 Å². The first kappa shape index (κ1) is 13.3. The second kappa shape index (κ2) is 5.27. The first-order valence-electron chi connectivity index (χ1n) is 5.46. The number of nitrogens with zero attached hydrogens (tertiary/aromatic N) is 1. The van der Waals surface area contributed by atoms with Crippen LogP contribution in [0.15, 0.2) is 42.5 Å². The van der Waals surface area contributed by atoms with E-state index < -0.39 is 33.6 Å². The summed E-state index contributed by atoms with van der Waals surface area (Å²) in [4.78, 5) is 21.0. The minimum Gasteiger partial charge on any atom is -0.504 e. The quantitative estimate of drug-likeness (QED) is 0.655. The van der Waals surface area contributed by atoms with Gasteiger partial charge in [-0.25, -0.2) is 4.79 Å². The molecule has 0 spiro atoms. The fourth-order valence-corrected chi connectivity index (χ4v) is 1.57. The topological polar surface area (TPSA) is 110 Å². The number of ether oxygens (including phenoxy) is 1. The van der Waals surface area contributed by atoms with Crippen LogP contribution in [0.5, 0.6) is 17.2 Å². The lowest BCUT2D eigenvalue weighted by atomic mass is 10.1. The van der Waals surface area contributed by atoms with E-state index in [2.05, 4.69) is 0 Å². The Labute approximate surface area is 112 Å². The molecule has 7 heteroatoms. The van der Waals surface area contributed by atoms with Crippen molar-refractivity contribution in [3.05, 3.63) is 58.1 Å². The molecule has 0 aliphatic carbocycles. The maximum Gasteiger partial charge on any atom is 0.336 e. The van der Waals surface area contributed by atoms with E-state index in [1.165, 1.54) is 0 Å². The van der Waals surface area contributed by atoms with Crippen molar-refractivity contribution in [2.24, 2.45) is 0 Å². The zero-order chi connectivity index (χ0) is 14.7. The predicted octanol–water partition coefficient (Wildman–Crippen LogP) is 2.79. The number of hydrogen-bond acceptors (Lipinski definition) is 5. The van der Waals surface area contributed by atoms with Gasteiger partial charge in [-0.2, -0.15) is 0 Å². The van der Waals surface area contributed by atoms with Crippen LogP contribution in [0.25, 0.3) is 0 Å². The van der Waals surface area contributed by atoms with Crippen molar-refractivity contribution >= 4 is 11.7 Å². The van der Waals surface area contributed by atoms with Crippen molar-refractivity contribution in [1.82, 2.24) is 0 Å². The number of carboxylic acid groups (broad SMARTS) is 1. The fourth-order valence-electron chi connectivity index (χ4n) is 1.57. The molecule has 0 aromatic heterocycles. The van der Waals surface area contributed by atoms with Crippen LogP contribution in [0.4, 0.5) is 5.69 Å². The lowest BCUT2D eigenvalue weighted by Crippen LogP contribution is -2.00. The maximum atomic E-state index is 11.0. The molecule has 7 nitrogen and oxygen atoms in total. The summed E-state index contributed by atoms with van der Waals surface area (Å²) < 4.78 is 5.25. The summed E-state index contributed by atoms with van der Waals surface area (Å²) >= 11 is 0. The van der Waals surface area contributed by atoms with Gasteiger partial charge in [-0.15, -0.1) is 0 Å². The third kappa shape index (κ3) is 2.66. The number of carboxylic acids is 1. The largest absolute Gasteiger partial charge is 0.504 e. The average molecular weight is 275 g/mol. The summed E-state index contributed by atoms with van der Waals surface area (Å²) in [5, 5.41) is 29.5. The molecule has 20 heavy (non-hydrogen) atoms. The second-order valence-corrected chi connectivity index (χ2v) is 3.82. The van der Waals surface area contributed by atoms with E-state index in [4.69, 9.17) is 9.84 Å². The Morgan fingerprint density at radius 2 is 1.85 bits per heavy atom. The Morgan fingerprint density at radius 1 is 1.20 bits per heavy atom. The third-order valence-electron chi connectivity index (χ3n) is 2.46. The van der Waals surface area contributed by atoms with Gasteiger partial charge in [-0.05, 0) is 18.2 Å². The molecule has 0 amide bonds. The maximum absolute atomic E-state index is 11.0. The van der Waals surface area contributed by atoms with Gasteiger partial charge in [0.05, 0.1) is 10.5 Å². The number of para-hydroxylation sites is 1. The minimum atomic E-state index is -1.38. The molecule has 0 radical (unpaired) electrons. The summed E-state index contributed by atoms with van der Waals surface area (Å²) in [5.41, 5.74) is -1.01. The number of nitro groups is 1. The summed E-state index contributed by atoms with van der Waals surface area (Å²) in [6, 6.07) is 9.87. The van der Waals surface area contributed by atoms with Crippen molar-refractivity contribution in [1.29, 1.82) is 0 Å². The van der Waals surface area contributed by atoms with Crippen molar-refractivity contribution in [2.45, 2.75) is 0 Å². The van der Waals surface area contributed by atoms with Crippen LogP contribution in [0.3, 0.4) is 0 Å². The SMILES string of the molecule is O=C(O)c1cc(O)c(Oc2ccccc2)c([N+](=O)[O-])c1. The summed E-state index contributed by atoms with van der Waals surface area (Å²) in [5.74, 6) is -2.10. The molecule has 0 bridgehead atoms. The number of aromatic hydroxyl groups is 1. The van der Waals surface area contributed by atoms with Gasteiger partial charge in [0.1, 0.15) is 5.75 Å². The van der Waals surface area contributed by atoms with E-state index in [1.54, 1.807) is 30.3 Å². The van der Waals surface area contributed by atoms with Gasteiger partial charge in [0.2, 0.25) is 5.75 Å². The monoisotopic (exact) mass is 275 g/mol. The Morgan fingerprint density at radius 3 is 2.40 bits per heavy atom. The smallest absolute Gasteiger partial charge is 0.336 e. The number of hydrogen-bond donors (Lipinski definition) is 2. The summed E-state index contributed by atoms with van der Waals surface area (Å²) in [6.45, 7) is 0. The number of phenols is 1. The number of nitro benzene ring substituents is 1. The standard InChI is InChI=1S/C13H9NO6/c15-11-7-8(13(16)17)6-10(14(18)19)12(11)20-9-4-2-1-3-5-9/h1-7,15H,(H,16,17). The number of phenolic OH excluding ortho intramolecular Hbond substituents is 1. The molecule has 2 N–H and O–H groups in total. The van der Waals surface area contributed by atoms with Gasteiger partial charge in [0.15, 0.2) is 5.75 Å². The van der Waals surface area contributed by atoms with Crippen LogP contribution in [0.1, 0.15) is 10.4 Å². The molecule has 0 atom stereocenters. The second-order valence-electron chi connectivity index (χ2n) is 3.82. The molecule has 2 aromatic rings. The Kier molecular flexibility index (Phi) is 3.52. The summed E-state index contributed by atoms with van der Waals surface area (Å²) in [6.07, 6.45) is 0. The summed E-state index contributed by atoms with van der Waals surface area (Å²) in [7, 11) is 0. The average Bonchev–Trinajstić information content (AvgIpc) is 2.41. The predicted molar refractivity (Wildman–Crippen MR) is 68.2 cm³/mol. The zero-order valence-electron chi connectivity index (χ0n) is 10.0. The van der Waals surface area contributed by atoms with Gasteiger partial charge < -0.3 is 14.9 Å². The Balaban J connectivity index is 2.51. The normalized spacial score (nSPS) is 10.0. The number of aromatic carboxylic acids is 1. The molecular formula is C13H9NO6. The van der Waals surface area contributed by atoms with Crippen LogP contribution in [-0.2, 0) is 0 Å². The highest BCUT2D eigenvalue weighted by molar-refractivity contribution is 5.90. The lowest BCUT2D eigenvalue weighted by molar-refractivity contribution is -0.385. The number of benzene rings is 2. The van der Waals surface area contributed by atoms with Crippen LogP contribution in [0, 0.1) is 10.1 Å². The molecule has 0 saturated heterocycles. The van der Waals surface area contributed by atoms with Crippen molar-refractivity contribution in [3.8, 4) is 17.2 Å². The van der Waals surface area contributed by atoms with Crippen LogP contribution < -0.4 is 4.74 Å². The van der Waals surface area contributed by atoms with Crippen LogP contribution >= 0.6 is 0 Å². The molecular weight excluding hydrogens is 266 g/mol. The highest BCUT2D eigenvalue weighted by Gasteiger charge is 2.24. The van der Waals surface area contributed by atoms with E-state index in [1.807, 2.05) is 0 Å². The van der Waals surface area contributed by atoms with Crippen molar-refractivity contribution in [3.63, 3.8) is 0 Å². The van der Waals surface area contributed by atoms with E-state index in [9.17, 15) is 20.0 Å². The van der Waals surface area contributed by atoms with Gasteiger partial charge in [0, 0.05) is 6.07 Å². The lowest BCUT2D eigenvalue weighted by Gasteiger charge is -2.08. The van der Waals surface area contributed by atoms with E-state index in [0.717, 1.165) is 12.1 Å².